The normalized spacial score (nSPS) is 14.8. The van der Waals surface area contributed by atoms with Gasteiger partial charge in [-0.15, -0.1) is 0 Å². The summed E-state index contributed by atoms with van der Waals surface area (Å²) in [5, 5.41) is 2.94. The van der Waals surface area contributed by atoms with E-state index in [1.807, 2.05) is 68.4 Å². The first-order chi connectivity index (χ1) is 11.0. The largest absolute Gasteiger partial charge is 0.377 e. The molecule has 0 aliphatic rings. The average molecular weight is 312 g/mol. The molecular weight excluding hydrogens is 288 g/mol. The van der Waals surface area contributed by atoms with Gasteiger partial charge in [0.1, 0.15) is 0 Å². The number of carbonyl (C=O) groups is 1. The molecular formula is C19H24N2O2. The van der Waals surface area contributed by atoms with Crippen LogP contribution in [-0.4, -0.2) is 13.0 Å². The summed E-state index contributed by atoms with van der Waals surface area (Å²) >= 11 is 0. The highest BCUT2D eigenvalue weighted by molar-refractivity contribution is 5.93. The lowest BCUT2D eigenvalue weighted by atomic mass is 9.94. The molecule has 0 saturated carbocycles. The van der Waals surface area contributed by atoms with Crippen molar-refractivity contribution in [2.24, 2.45) is 11.7 Å². The van der Waals surface area contributed by atoms with Crippen LogP contribution in [0.1, 0.15) is 37.1 Å². The van der Waals surface area contributed by atoms with Gasteiger partial charge in [0.25, 0.3) is 0 Å². The summed E-state index contributed by atoms with van der Waals surface area (Å²) in [6.07, 6.45) is -0.0177. The third-order valence-electron chi connectivity index (χ3n) is 4.11. The van der Waals surface area contributed by atoms with Crippen LogP contribution in [0.2, 0.25) is 0 Å². The molecule has 3 atom stereocenters. The Morgan fingerprint density at radius 1 is 1.04 bits per heavy atom. The minimum Gasteiger partial charge on any atom is -0.377 e. The number of nitrogens with one attached hydrogen (secondary N) is 1. The number of benzene rings is 2. The van der Waals surface area contributed by atoms with Gasteiger partial charge in [0.05, 0.1) is 12.0 Å². The predicted octanol–water partition coefficient (Wildman–Crippen LogP) is 3.67. The molecule has 0 heterocycles. The monoisotopic (exact) mass is 312 g/mol. The quantitative estimate of drug-likeness (QED) is 0.855. The van der Waals surface area contributed by atoms with Crippen LogP contribution in [0.4, 0.5) is 5.69 Å². The Balaban J connectivity index is 2.06. The Labute approximate surface area is 137 Å². The van der Waals surface area contributed by atoms with Crippen molar-refractivity contribution < 1.29 is 9.53 Å². The van der Waals surface area contributed by atoms with Crippen molar-refractivity contribution in [1.29, 1.82) is 0 Å². The van der Waals surface area contributed by atoms with E-state index in [-0.39, 0.29) is 24.0 Å². The van der Waals surface area contributed by atoms with Crippen molar-refractivity contribution in [3.8, 4) is 0 Å². The molecule has 1 amide bonds. The molecule has 0 spiro atoms. The van der Waals surface area contributed by atoms with Gasteiger partial charge in [-0.3, -0.25) is 4.79 Å². The molecule has 0 fully saturated rings. The molecule has 0 aliphatic heterocycles. The molecule has 3 unspecified atom stereocenters. The van der Waals surface area contributed by atoms with Gasteiger partial charge >= 0.3 is 0 Å². The third kappa shape index (κ3) is 4.41. The minimum atomic E-state index is -0.336. The molecule has 0 aromatic heterocycles. The molecule has 2 aromatic carbocycles. The molecule has 2 aromatic rings. The zero-order valence-corrected chi connectivity index (χ0v) is 13.8. The van der Waals surface area contributed by atoms with Crippen LogP contribution in [0.5, 0.6) is 0 Å². The van der Waals surface area contributed by atoms with Crippen molar-refractivity contribution in [1.82, 2.24) is 0 Å². The van der Waals surface area contributed by atoms with E-state index < -0.39 is 0 Å². The number of hydrogen-bond donors (Lipinski definition) is 2. The molecule has 3 N–H and O–H groups in total. The molecule has 2 rings (SSSR count). The molecule has 0 aliphatic carbocycles. The highest BCUT2D eigenvalue weighted by Gasteiger charge is 2.22. The molecule has 4 nitrogen and oxygen atoms in total. The second-order valence-corrected chi connectivity index (χ2v) is 5.72. The van der Waals surface area contributed by atoms with Crippen molar-refractivity contribution in [3.63, 3.8) is 0 Å². The van der Waals surface area contributed by atoms with Gasteiger partial charge in [0, 0.05) is 18.8 Å². The van der Waals surface area contributed by atoms with Gasteiger partial charge < -0.3 is 15.8 Å². The summed E-state index contributed by atoms with van der Waals surface area (Å²) in [6.45, 7) is 3.81. The number of rotatable bonds is 6. The summed E-state index contributed by atoms with van der Waals surface area (Å²) < 4.78 is 5.31. The number of anilines is 1. The number of hydrogen-bond acceptors (Lipinski definition) is 3. The van der Waals surface area contributed by atoms with Gasteiger partial charge in [-0.1, -0.05) is 49.4 Å². The van der Waals surface area contributed by atoms with E-state index >= 15 is 0 Å². The number of methoxy groups -OCH3 is 1. The summed E-state index contributed by atoms with van der Waals surface area (Å²) in [5.41, 5.74) is 8.94. The fraction of sp³-hybridized carbons (Fsp3) is 0.316. The van der Waals surface area contributed by atoms with Crippen LogP contribution < -0.4 is 11.1 Å². The summed E-state index contributed by atoms with van der Waals surface area (Å²) in [6, 6.07) is 17.0. The Morgan fingerprint density at radius 2 is 1.70 bits per heavy atom. The van der Waals surface area contributed by atoms with Crippen LogP contribution in [0, 0.1) is 5.92 Å². The molecule has 4 heteroatoms. The fourth-order valence-electron chi connectivity index (χ4n) is 2.39. The molecule has 0 bridgehead atoms. The zero-order valence-electron chi connectivity index (χ0n) is 13.8. The smallest absolute Gasteiger partial charge is 0.229 e. The van der Waals surface area contributed by atoms with Gasteiger partial charge in [0.2, 0.25) is 5.91 Å². The van der Waals surface area contributed by atoms with Gasteiger partial charge in [-0.2, -0.15) is 0 Å². The second kappa shape index (κ2) is 7.90. The average Bonchev–Trinajstić information content (AvgIpc) is 2.60. The highest BCUT2D eigenvalue weighted by Crippen LogP contribution is 2.23. The Morgan fingerprint density at radius 3 is 2.35 bits per heavy atom. The molecule has 122 valence electrons. The van der Waals surface area contributed by atoms with Crippen molar-refractivity contribution in [2.75, 3.05) is 12.4 Å². The maximum absolute atomic E-state index is 12.5. The van der Waals surface area contributed by atoms with Crippen LogP contribution >= 0.6 is 0 Å². The maximum atomic E-state index is 12.5. The lowest BCUT2D eigenvalue weighted by Crippen LogP contribution is -2.30. The number of carbonyl (C=O) groups excluding carboxylic acids is 1. The van der Waals surface area contributed by atoms with Crippen molar-refractivity contribution in [3.05, 3.63) is 65.7 Å². The SMILES string of the molecule is COC(C)c1cccc(NC(=O)C(C)C(N)c2ccccc2)c1. The van der Waals surface area contributed by atoms with Crippen LogP contribution in [-0.2, 0) is 9.53 Å². The van der Waals surface area contributed by atoms with Gasteiger partial charge in [-0.05, 0) is 30.2 Å². The summed E-state index contributed by atoms with van der Waals surface area (Å²) in [4.78, 5) is 12.5. The van der Waals surface area contributed by atoms with Crippen molar-refractivity contribution in [2.45, 2.75) is 26.0 Å². The fourth-order valence-corrected chi connectivity index (χ4v) is 2.39. The van der Waals surface area contributed by atoms with E-state index in [4.69, 9.17) is 10.5 Å². The molecule has 0 radical (unpaired) electrons. The number of amides is 1. The maximum Gasteiger partial charge on any atom is 0.229 e. The van der Waals surface area contributed by atoms with Crippen LogP contribution in [0.3, 0.4) is 0 Å². The lowest BCUT2D eigenvalue weighted by Gasteiger charge is -2.20. The first-order valence-electron chi connectivity index (χ1n) is 7.77. The number of ether oxygens (including phenoxy) is 1. The standard InChI is InChI=1S/C19H24N2O2/c1-13(18(20)15-8-5-4-6-9-15)19(22)21-17-11-7-10-16(12-17)14(2)23-3/h4-14,18H,20H2,1-3H3,(H,21,22). The van der Waals surface area contributed by atoms with E-state index in [1.165, 1.54) is 0 Å². The first kappa shape index (κ1) is 17.2. The third-order valence-corrected chi connectivity index (χ3v) is 4.11. The second-order valence-electron chi connectivity index (χ2n) is 5.72. The van der Waals surface area contributed by atoms with Crippen LogP contribution in [0.25, 0.3) is 0 Å². The highest BCUT2D eigenvalue weighted by atomic mass is 16.5. The van der Waals surface area contributed by atoms with E-state index in [0.29, 0.717) is 0 Å². The first-order valence-corrected chi connectivity index (χ1v) is 7.77. The Kier molecular flexibility index (Phi) is 5.90. The van der Waals surface area contributed by atoms with Crippen LogP contribution in [0.15, 0.2) is 54.6 Å². The van der Waals surface area contributed by atoms with E-state index in [1.54, 1.807) is 7.11 Å². The lowest BCUT2D eigenvalue weighted by molar-refractivity contribution is -0.120. The van der Waals surface area contributed by atoms with Crippen molar-refractivity contribution >= 4 is 11.6 Å². The van der Waals surface area contributed by atoms with E-state index in [9.17, 15) is 4.79 Å². The van der Waals surface area contributed by atoms with Gasteiger partial charge in [-0.25, -0.2) is 0 Å². The summed E-state index contributed by atoms with van der Waals surface area (Å²) in [5.74, 6) is -0.426. The van der Waals surface area contributed by atoms with E-state index in [0.717, 1.165) is 16.8 Å². The molecule has 0 saturated heterocycles. The Bertz CT molecular complexity index is 643. The minimum absolute atomic E-state index is 0.0177. The Hall–Kier alpha value is -2.17. The predicted molar refractivity (Wildman–Crippen MR) is 93.0 cm³/mol. The van der Waals surface area contributed by atoms with E-state index in [2.05, 4.69) is 5.32 Å². The summed E-state index contributed by atoms with van der Waals surface area (Å²) in [7, 11) is 1.66. The number of nitrogens with two attached hydrogens (primary N) is 1. The zero-order chi connectivity index (χ0) is 16.8. The topological polar surface area (TPSA) is 64.3 Å². The van der Waals surface area contributed by atoms with Gasteiger partial charge in [0.15, 0.2) is 0 Å². The molecule has 23 heavy (non-hydrogen) atoms.